The van der Waals surface area contributed by atoms with Gasteiger partial charge in [0.15, 0.2) is 0 Å². The third kappa shape index (κ3) is 2.10. The van der Waals surface area contributed by atoms with E-state index in [1.807, 2.05) is 13.0 Å². The Morgan fingerprint density at radius 1 is 1.54 bits per heavy atom. The fraction of sp³-hybridized carbons (Fsp3) is 0.556. The molecule has 1 N–H and O–H groups in total. The molecule has 70 valence electrons. The van der Waals surface area contributed by atoms with Crippen LogP contribution < -0.4 is 5.32 Å². The van der Waals surface area contributed by atoms with Crippen LogP contribution in [0.5, 0.6) is 0 Å². The largest absolute Gasteiger partial charge is 0.354 e. The highest BCUT2D eigenvalue weighted by atomic mass is 35.5. The van der Waals surface area contributed by atoms with Crippen molar-refractivity contribution in [2.24, 2.45) is 0 Å². The average Bonchev–Trinajstić information content (AvgIpc) is 2.85. The minimum absolute atomic E-state index is 0.535. The van der Waals surface area contributed by atoms with E-state index in [0.29, 0.717) is 17.0 Å². The molecule has 0 saturated heterocycles. The van der Waals surface area contributed by atoms with Crippen LogP contribution in [0.15, 0.2) is 6.07 Å². The summed E-state index contributed by atoms with van der Waals surface area (Å²) in [5.41, 5.74) is 1.08. The van der Waals surface area contributed by atoms with Crippen molar-refractivity contribution >= 4 is 17.5 Å². The Morgan fingerprint density at radius 3 is 2.92 bits per heavy atom. The summed E-state index contributed by atoms with van der Waals surface area (Å²) < 4.78 is 0. The first-order valence-electron chi connectivity index (χ1n) is 4.58. The molecule has 1 heterocycles. The van der Waals surface area contributed by atoms with Crippen LogP contribution in [0.3, 0.4) is 0 Å². The molecule has 0 amide bonds. The fourth-order valence-electron chi connectivity index (χ4n) is 1.26. The topological polar surface area (TPSA) is 37.8 Å². The molecule has 3 nitrogen and oxygen atoms in total. The lowest BCUT2D eigenvalue weighted by Gasteiger charge is -2.04. The number of rotatable bonds is 3. The maximum atomic E-state index is 5.87. The molecule has 0 atom stereocenters. The SMILES string of the molecule is CCNc1nc(Cl)cc(C2CC2)n1. The zero-order valence-corrected chi connectivity index (χ0v) is 8.30. The molecule has 0 aromatic carbocycles. The van der Waals surface area contributed by atoms with Crippen LogP contribution in [0.25, 0.3) is 0 Å². The van der Waals surface area contributed by atoms with Crippen LogP contribution in [0.2, 0.25) is 5.15 Å². The van der Waals surface area contributed by atoms with Crippen LogP contribution >= 0.6 is 11.6 Å². The van der Waals surface area contributed by atoms with E-state index < -0.39 is 0 Å². The molecular formula is C9H12ClN3. The zero-order chi connectivity index (χ0) is 9.26. The summed E-state index contributed by atoms with van der Waals surface area (Å²) in [4.78, 5) is 8.46. The van der Waals surface area contributed by atoms with Gasteiger partial charge in [0, 0.05) is 12.5 Å². The lowest BCUT2D eigenvalue weighted by atomic mass is 10.3. The molecule has 1 aromatic heterocycles. The van der Waals surface area contributed by atoms with Crippen LogP contribution in [0.4, 0.5) is 5.95 Å². The van der Waals surface area contributed by atoms with Gasteiger partial charge >= 0.3 is 0 Å². The summed E-state index contributed by atoms with van der Waals surface area (Å²) in [6.45, 7) is 2.84. The third-order valence-electron chi connectivity index (χ3n) is 2.05. The molecular weight excluding hydrogens is 186 g/mol. The summed E-state index contributed by atoms with van der Waals surface area (Å²) in [6, 6.07) is 1.86. The summed E-state index contributed by atoms with van der Waals surface area (Å²) in [5.74, 6) is 1.27. The van der Waals surface area contributed by atoms with Crippen molar-refractivity contribution in [3.8, 4) is 0 Å². The van der Waals surface area contributed by atoms with E-state index in [9.17, 15) is 0 Å². The lowest BCUT2D eigenvalue weighted by molar-refractivity contribution is 0.975. The number of hydrogen-bond donors (Lipinski definition) is 1. The molecule has 0 unspecified atom stereocenters. The first-order chi connectivity index (χ1) is 6.29. The summed E-state index contributed by atoms with van der Waals surface area (Å²) >= 11 is 5.87. The second-order valence-corrected chi connectivity index (χ2v) is 3.63. The van der Waals surface area contributed by atoms with Gasteiger partial charge in [0.05, 0.1) is 5.69 Å². The monoisotopic (exact) mass is 197 g/mol. The minimum atomic E-state index is 0.535. The summed E-state index contributed by atoms with van der Waals surface area (Å²) in [5, 5.41) is 3.60. The smallest absolute Gasteiger partial charge is 0.224 e. The molecule has 1 aliphatic rings. The van der Waals surface area contributed by atoms with E-state index in [1.54, 1.807) is 0 Å². The third-order valence-corrected chi connectivity index (χ3v) is 2.24. The minimum Gasteiger partial charge on any atom is -0.354 e. The molecule has 0 aliphatic heterocycles. The van der Waals surface area contributed by atoms with E-state index in [1.165, 1.54) is 12.8 Å². The Kier molecular flexibility index (Phi) is 2.36. The molecule has 1 aliphatic carbocycles. The first-order valence-corrected chi connectivity index (χ1v) is 4.95. The van der Waals surface area contributed by atoms with Crippen molar-refractivity contribution in [3.05, 3.63) is 16.9 Å². The van der Waals surface area contributed by atoms with Gasteiger partial charge in [-0.2, -0.15) is 0 Å². The Morgan fingerprint density at radius 2 is 2.31 bits per heavy atom. The van der Waals surface area contributed by atoms with Gasteiger partial charge in [-0.15, -0.1) is 0 Å². The predicted molar refractivity (Wildman–Crippen MR) is 53.2 cm³/mol. The number of halogens is 1. The number of aromatic nitrogens is 2. The van der Waals surface area contributed by atoms with E-state index >= 15 is 0 Å². The van der Waals surface area contributed by atoms with E-state index in [4.69, 9.17) is 11.6 Å². The van der Waals surface area contributed by atoms with Crippen molar-refractivity contribution < 1.29 is 0 Å². The predicted octanol–water partition coefficient (Wildman–Crippen LogP) is 2.44. The molecule has 1 fully saturated rings. The van der Waals surface area contributed by atoms with Crippen molar-refractivity contribution in [2.45, 2.75) is 25.7 Å². The van der Waals surface area contributed by atoms with E-state index in [-0.39, 0.29) is 0 Å². The van der Waals surface area contributed by atoms with Gasteiger partial charge in [-0.1, -0.05) is 11.6 Å². The molecule has 13 heavy (non-hydrogen) atoms. The van der Waals surface area contributed by atoms with Crippen LogP contribution in [-0.2, 0) is 0 Å². The molecule has 1 saturated carbocycles. The van der Waals surface area contributed by atoms with Crippen molar-refractivity contribution in [3.63, 3.8) is 0 Å². The van der Waals surface area contributed by atoms with E-state index in [2.05, 4.69) is 15.3 Å². The van der Waals surface area contributed by atoms with Gasteiger partial charge in [0.2, 0.25) is 5.95 Å². The average molecular weight is 198 g/mol. The number of nitrogens with one attached hydrogen (secondary N) is 1. The molecule has 0 radical (unpaired) electrons. The Bertz CT molecular complexity index is 310. The molecule has 4 heteroatoms. The second kappa shape index (κ2) is 3.50. The highest BCUT2D eigenvalue weighted by molar-refractivity contribution is 6.29. The first kappa shape index (κ1) is 8.75. The lowest BCUT2D eigenvalue weighted by Crippen LogP contribution is -2.03. The standard InChI is InChI=1S/C9H12ClN3/c1-2-11-9-12-7(6-3-4-6)5-8(10)13-9/h5-6H,2-4H2,1H3,(H,11,12,13). The number of hydrogen-bond acceptors (Lipinski definition) is 3. The number of anilines is 1. The van der Waals surface area contributed by atoms with Crippen molar-refractivity contribution in [2.75, 3.05) is 11.9 Å². The van der Waals surface area contributed by atoms with Crippen molar-refractivity contribution in [1.82, 2.24) is 9.97 Å². The molecule has 1 aromatic rings. The zero-order valence-electron chi connectivity index (χ0n) is 7.55. The Balaban J connectivity index is 2.25. The maximum absolute atomic E-state index is 5.87. The summed E-state index contributed by atoms with van der Waals surface area (Å²) in [6.07, 6.45) is 2.47. The maximum Gasteiger partial charge on any atom is 0.224 e. The summed E-state index contributed by atoms with van der Waals surface area (Å²) in [7, 11) is 0. The van der Waals surface area contributed by atoms with Crippen LogP contribution in [0, 0.1) is 0 Å². The Hall–Kier alpha value is -0.830. The van der Waals surface area contributed by atoms with Crippen LogP contribution in [-0.4, -0.2) is 16.5 Å². The Labute approximate surface area is 82.5 Å². The van der Waals surface area contributed by atoms with E-state index in [0.717, 1.165) is 12.2 Å². The van der Waals surface area contributed by atoms with Gasteiger partial charge < -0.3 is 5.32 Å². The highest BCUT2D eigenvalue weighted by Crippen LogP contribution is 2.39. The second-order valence-electron chi connectivity index (χ2n) is 3.24. The normalized spacial score (nSPS) is 15.8. The van der Waals surface area contributed by atoms with Gasteiger partial charge in [-0.3, -0.25) is 0 Å². The molecule has 0 bridgehead atoms. The molecule has 0 spiro atoms. The van der Waals surface area contributed by atoms with Gasteiger partial charge in [0.1, 0.15) is 5.15 Å². The quantitative estimate of drug-likeness (QED) is 0.757. The number of nitrogens with zero attached hydrogens (tertiary/aromatic N) is 2. The highest BCUT2D eigenvalue weighted by Gasteiger charge is 2.25. The van der Waals surface area contributed by atoms with Gasteiger partial charge in [-0.05, 0) is 25.8 Å². The van der Waals surface area contributed by atoms with Gasteiger partial charge in [-0.25, -0.2) is 9.97 Å². The van der Waals surface area contributed by atoms with Crippen LogP contribution in [0.1, 0.15) is 31.4 Å². The van der Waals surface area contributed by atoms with Crippen molar-refractivity contribution in [1.29, 1.82) is 0 Å². The molecule has 2 rings (SSSR count). The van der Waals surface area contributed by atoms with Gasteiger partial charge in [0.25, 0.3) is 0 Å². The fourth-order valence-corrected chi connectivity index (χ4v) is 1.45.